The number of hydroxylamine groups is 1. The first kappa shape index (κ1) is 11.3. The summed E-state index contributed by atoms with van der Waals surface area (Å²) in [5, 5.41) is 2.91. The molecule has 2 amide bonds. The molecule has 0 bridgehead atoms. The zero-order valence-electron chi connectivity index (χ0n) is 9.01. The van der Waals surface area contributed by atoms with E-state index in [9.17, 15) is 4.79 Å². The third kappa shape index (κ3) is 3.54. The summed E-state index contributed by atoms with van der Waals surface area (Å²) in [5.41, 5.74) is 2.28. The highest BCUT2D eigenvalue weighted by Gasteiger charge is 2.21. The number of carbonyl (C=O) groups excluding carboxylic acids is 1. The van der Waals surface area contributed by atoms with Gasteiger partial charge in [-0.25, -0.2) is 10.3 Å². The molecule has 1 rings (SSSR count). The lowest BCUT2D eigenvalue weighted by Gasteiger charge is -2.28. The van der Waals surface area contributed by atoms with Crippen molar-refractivity contribution >= 4 is 6.03 Å². The molecular weight excluding hydrogens is 180 g/mol. The quantitative estimate of drug-likeness (QED) is 0.683. The van der Waals surface area contributed by atoms with Gasteiger partial charge in [0, 0.05) is 6.04 Å². The number of carbonyl (C=O) groups is 1. The summed E-state index contributed by atoms with van der Waals surface area (Å²) in [4.78, 5) is 15.7. The lowest BCUT2D eigenvalue weighted by molar-refractivity contribution is 0.104. The Labute approximate surface area is 85.3 Å². The highest BCUT2D eigenvalue weighted by atomic mass is 16.6. The fourth-order valence-electron chi connectivity index (χ4n) is 2.10. The van der Waals surface area contributed by atoms with E-state index in [4.69, 9.17) is 0 Å². The number of urea groups is 1. The van der Waals surface area contributed by atoms with Gasteiger partial charge in [0.05, 0.1) is 7.11 Å². The van der Waals surface area contributed by atoms with Crippen molar-refractivity contribution in [3.63, 3.8) is 0 Å². The van der Waals surface area contributed by atoms with Crippen molar-refractivity contribution in [2.24, 2.45) is 5.92 Å². The van der Waals surface area contributed by atoms with E-state index in [0.717, 1.165) is 18.8 Å². The average molecular weight is 200 g/mol. The standard InChI is InChI=1S/C10H20N2O2/c1-3-8-5-4-6-9(7-8)11-10(13)12-14-2/h8-9H,3-7H2,1-2H3,(H2,11,12,13)/t8-,9+/m0/s1. The predicted molar refractivity (Wildman–Crippen MR) is 54.7 cm³/mol. The largest absolute Gasteiger partial charge is 0.338 e. The fourth-order valence-corrected chi connectivity index (χ4v) is 2.10. The van der Waals surface area contributed by atoms with E-state index in [1.165, 1.54) is 26.4 Å². The van der Waals surface area contributed by atoms with Gasteiger partial charge in [-0.3, -0.25) is 4.84 Å². The summed E-state index contributed by atoms with van der Waals surface area (Å²) >= 11 is 0. The van der Waals surface area contributed by atoms with Crippen molar-refractivity contribution in [3.05, 3.63) is 0 Å². The van der Waals surface area contributed by atoms with Crippen molar-refractivity contribution in [3.8, 4) is 0 Å². The van der Waals surface area contributed by atoms with Crippen LogP contribution in [-0.4, -0.2) is 19.2 Å². The molecule has 4 heteroatoms. The predicted octanol–water partition coefficient (Wildman–Crippen LogP) is 1.82. The van der Waals surface area contributed by atoms with Crippen molar-refractivity contribution < 1.29 is 9.63 Å². The van der Waals surface area contributed by atoms with Gasteiger partial charge in [-0.15, -0.1) is 0 Å². The first-order valence-corrected chi connectivity index (χ1v) is 5.35. The summed E-state index contributed by atoms with van der Waals surface area (Å²) < 4.78 is 0. The van der Waals surface area contributed by atoms with Crippen LogP contribution in [0.1, 0.15) is 39.0 Å². The Morgan fingerprint density at radius 3 is 2.93 bits per heavy atom. The van der Waals surface area contributed by atoms with Crippen molar-refractivity contribution in [2.45, 2.75) is 45.1 Å². The van der Waals surface area contributed by atoms with Crippen molar-refractivity contribution in [1.82, 2.24) is 10.8 Å². The molecule has 14 heavy (non-hydrogen) atoms. The Hall–Kier alpha value is -0.770. The number of amides is 2. The van der Waals surface area contributed by atoms with E-state index < -0.39 is 0 Å². The lowest BCUT2D eigenvalue weighted by atomic mass is 9.84. The van der Waals surface area contributed by atoms with E-state index >= 15 is 0 Å². The summed E-state index contributed by atoms with van der Waals surface area (Å²) in [6.45, 7) is 2.21. The van der Waals surface area contributed by atoms with Crippen LogP contribution in [-0.2, 0) is 4.84 Å². The maximum Gasteiger partial charge on any atom is 0.338 e. The highest BCUT2D eigenvalue weighted by Crippen LogP contribution is 2.26. The molecular formula is C10H20N2O2. The van der Waals surface area contributed by atoms with E-state index in [0.29, 0.717) is 6.04 Å². The van der Waals surface area contributed by atoms with Crippen LogP contribution < -0.4 is 10.8 Å². The smallest absolute Gasteiger partial charge is 0.334 e. The van der Waals surface area contributed by atoms with E-state index in [1.807, 2.05) is 0 Å². The Balaban J connectivity index is 2.26. The Bertz CT molecular complexity index is 185. The summed E-state index contributed by atoms with van der Waals surface area (Å²) in [6.07, 6.45) is 5.93. The van der Waals surface area contributed by atoms with E-state index in [-0.39, 0.29) is 6.03 Å². The molecule has 4 nitrogen and oxygen atoms in total. The summed E-state index contributed by atoms with van der Waals surface area (Å²) in [7, 11) is 1.44. The minimum Gasteiger partial charge on any atom is -0.334 e. The molecule has 0 saturated heterocycles. The first-order valence-electron chi connectivity index (χ1n) is 5.35. The van der Waals surface area contributed by atoms with Crippen molar-refractivity contribution in [2.75, 3.05) is 7.11 Å². The SMILES string of the molecule is CC[C@H]1CCC[C@@H](NC(=O)NOC)C1. The molecule has 2 N–H and O–H groups in total. The highest BCUT2D eigenvalue weighted by molar-refractivity contribution is 5.72. The number of nitrogens with one attached hydrogen (secondary N) is 2. The van der Waals surface area contributed by atoms with Gasteiger partial charge < -0.3 is 5.32 Å². The van der Waals surface area contributed by atoms with Gasteiger partial charge in [0.1, 0.15) is 0 Å². The third-order valence-corrected chi connectivity index (χ3v) is 2.89. The van der Waals surface area contributed by atoms with Gasteiger partial charge in [-0.1, -0.05) is 26.2 Å². The lowest BCUT2D eigenvalue weighted by Crippen LogP contribution is -2.43. The molecule has 0 aromatic carbocycles. The zero-order chi connectivity index (χ0) is 10.4. The van der Waals surface area contributed by atoms with Crippen LogP contribution in [0.5, 0.6) is 0 Å². The van der Waals surface area contributed by atoms with Crippen LogP contribution >= 0.6 is 0 Å². The number of hydrogen-bond donors (Lipinski definition) is 2. The summed E-state index contributed by atoms with van der Waals surface area (Å²) in [6, 6.07) is 0.0955. The molecule has 0 aromatic heterocycles. The Morgan fingerprint density at radius 2 is 2.29 bits per heavy atom. The Kier molecular flexibility index (Phi) is 4.73. The maximum absolute atomic E-state index is 11.2. The molecule has 1 aliphatic rings. The molecule has 0 heterocycles. The van der Waals surface area contributed by atoms with Gasteiger partial charge in [0.25, 0.3) is 0 Å². The molecule has 0 radical (unpaired) electrons. The zero-order valence-corrected chi connectivity index (χ0v) is 9.01. The van der Waals surface area contributed by atoms with Gasteiger partial charge in [0.2, 0.25) is 0 Å². The molecule has 0 unspecified atom stereocenters. The van der Waals surface area contributed by atoms with Gasteiger partial charge in [-0.05, 0) is 18.8 Å². The summed E-state index contributed by atoms with van der Waals surface area (Å²) in [5.74, 6) is 0.775. The van der Waals surface area contributed by atoms with E-state index in [2.05, 4.69) is 22.6 Å². The second-order valence-electron chi connectivity index (χ2n) is 3.92. The normalized spacial score (nSPS) is 27.0. The molecule has 1 saturated carbocycles. The topological polar surface area (TPSA) is 50.4 Å². The van der Waals surface area contributed by atoms with Crippen molar-refractivity contribution in [1.29, 1.82) is 0 Å². The first-order chi connectivity index (χ1) is 6.76. The van der Waals surface area contributed by atoms with Gasteiger partial charge in [0.15, 0.2) is 0 Å². The van der Waals surface area contributed by atoms with Crippen LogP contribution in [0, 0.1) is 5.92 Å². The molecule has 0 aliphatic heterocycles. The molecule has 1 fully saturated rings. The minimum absolute atomic E-state index is 0.228. The minimum atomic E-state index is -0.228. The molecule has 2 atom stereocenters. The van der Waals surface area contributed by atoms with Crippen LogP contribution in [0.15, 0.2) is 0 Å². The second kappa shape index (κ2) is 5.86. The number of hydrogen-bond acceptors (Lipinski definition) is 2. The van der Waals surface area contributed by atoms with Gasteiger partial charge >= 0.3 is 6.03 Å². The van der Waals surface area contributed by atoms with E-state index in [1.54, 1.807) is 0 Å². The van der Waals surface area contributed by atoms with Crippen LogP contribution in [0.4, 0.5) is 4.79 Å². The average Bonchev–Trinajstić information content (AvgIpc) is 2.18. The van der Waals surface area contributed by atoms with Gasteiger partial charge in [-0.2, -0.15) is 0 Å². The Morgan fingerprint density at radius 1 is 1.50 bits per heavy atom. The van der Waals surface area contributed by atoms with Crippen LogP contribution in [0.3, 0.4) is 0 Å². The number of rotatable bonds is 3. The molecule has 0 spiro atoms. The van der Waals surface area contributed by atoms with Crippen LogP contribution in [0.2, 0.25) is 0 Å². The van der Waals surface area contributed by atoms with Crippen LogP contribution in [0.25, 0.3) is 0 Å². The monoisotopic (exact) mass is 200 g/mol. The molecule has 0 aromatic rings. The fraction of sp³-hybridized carbons (Fsp3) is 0.900. The third-order valence-electron chi connectivity index (χ3n) is 2.89. The molecule has 1 aliphatic carbocycles. The maximum atomic E-state index is 11.2. The molecule has 82 valence electrons. The second-order valence-corrected chi connectivity index (χ2v) is 3.92.